The summed E-state index contributed by atoms with van der Waals surface area (Å²) in [5, 5.41) is 10.8. The van der Waals surface area contributed by atoms with Gasteiger partial charge in [0.1, 0.15) is 11.5 Å². The molecule has 0 spiro atoms. The van der Waals surface area contributed by atoms with Gasteiger partial charge >= 0.3 is 0 Å². The minimum Gasteiger partial charge on any atom is -0.503 e. The first-order valence-electron chi connectivity index (χ1n) is 10.7. The van der Waals surface area contributed by atoms with Crippen LogP contribution in [0.1, 0.15) is 51.8 Å². The van der Waals surface area contributed by atoms with Gasteiger partial charge in [-0.25, -0.2) is 0 Å². The van der Waals surface area contributed by atoms with Crippen LogP contribution in [0, 0.1) is 5.41 Å². The molecule has 2 aromatic carbocycles. The highest BCUT2D eigenvalue weighted by Gasteiger charge is 2.46. The van der Waals surface area contributed by atoms with Crippen LogP contribution in [0.25, 0.3) is 0 Å². The van der Waals surface area contributed by atoms with E-state index in [0.717, 1.165) is 5.56 Å². The average Bonchev–Trinajstić information content (AvgIpc) is 2.97. The summed E-state index contributed by atoms with van der Waals surface area (Å²) in [5.41, 5.74) is 0.887. The zero-order valence-electron chi connectivity index (χ0n) is 19.5. The van der Waals surface area contributed by atoms with Crippen molar-refractivity contribution in [3.8, 4) is 11.5 Å². The fourth-order valence-corrected chi connectivity index (χ4v) is 3.80. The summed E-state index contributed by atoms with van der Waals surface area (Å²) in [5.74, 6) is -0.0216. The Morgan fingerprint density at radius 2 is 1.75 bits per heavy atom. The summed E-state index contributed by atoms with van der Waals surface area (Å²) in [6.45, 7) is 9.41. The number of hydrogen-bond donors (Lipinski definition) is 1. The number of carbonyl (C=O) groups is 2. The Bertz CT molecular complexity index is 1050. The number of nitrogens with zero attached hydrogens (tertiary/aromatic N) is 1. The van der Waals surface area contributed by atoms with Crippen molar-refractivity contribution in [1.82, 2.24) is 4.90 Å². The molecular formula is C26H31NO5. The van der Waals surface area contributed by atoms with E-state index in [4.69, 9.17) is 9.47 Å². The number of Topliss-reactive ketones (excluding diaryl/α,β-unsaturated/α-hetero) is 1. The molecule has 1 aliphatic heterocycles. The molecule has 0 saturated heterocycles. The van der Waals surface area contributed by atoms with Crippen molar-refractivity contribution >= 4 is 11.7 Å². The third-order valence-electron chi connectivity index (χ3n) is 5.26. The Hall–Kier alpha value is -3.28. The first-order valence-corrected chi connectivity index (χ1v) is 10.7. The van der Waals surface area contributed by atoms with Gasteiger partial charge in [0.2, 0.25) is 0 Å². The van der Waals surface area contributed by atoms with Crippen LogP contribution in [0.15, 0.2) is 59.9 Å². The molecule has 0 fully saturated rings. The van der Waals surface area contributed by atoms with E-state index in [9.17, 15) is 14.7 Å². The second-order valence-corrected chi connectivity index (χ2v) is 9.27. The molecule has 1 heterocycles. The lowest BCUT2D eigenvalue weighted by Gasteiger charge is -2.29. The Labute approximate surface area is 189 Å². The fourth-order valence-electron chi connectivity index (χ4n) is 3.80. The van der Waals surface area contributed by atoms with Gasteiger partial charge in [0.25, 0.3) is 5.91 Å². The maximum absolute atomic E-state index is 13.3. The number of ketones is 1. The number of methoxy groups -OCH3 is 1. The zero-order valence-corrected chi connectivity index (χ0v) is 19.5. The highest BCUT2D eigenvalue weighted by Crippen LogP contribution is 2.42. The molecule has 170 valence electrons. The van der Waals surface area contributed by atoms with Gasteiger partial charge < -0.3 is 19.5 Å². The van der Waals surface area contributed by atoms with Crippen molar-refractivity contribution in [3.05, 3.63) is 71.0 Å². The van der Waals surface area contributed by atoms with Crippen LogP contribution in [0.4, 0.5) is 0 Å². The molecule has 1 unspecified atom stereocenters. The van der Waals surface area contributed by atoms with E-state index in [-0.39, 0.29) is 24.0 Å². The van der Waals surface area contributed by atoms with Crippen molar-refractivity contribution < 1.29 is 24.2 Å². The van der Waals surface area contributed by atoms with Crippen molar-refractivity contribution in [2.75, 3.05) is 7.11 Å². The van der Waals surface area contributed by atoms with E-state index in [1.54, 1.807) is 27.9 Å². The van der Waals surface area contributed by atoms with Gasteiger partial charge in [0.05, 0.1) is 24.8 Å². The molecule has 1 N–H and O–H groups in total. The normalized spacial score (nSPS) is 16.7. The summed E-state index contributed by atoms with van der Waals surface area (Å²) in [4.78, 5) is 28.0. The van der Waals surface area contributed by atoms with Gasteiger partial charge in [-0.05, 0) is 49.2 Å². The van der Waals surface area contributed by atoms with Crippen molar-refractivity contribution in [3.63, 3.8) is 0 Å². The molecule has 0 aliphatic carbocycles. The molecule has 3 rings (SSSR count). The molecule has 1 aliphatic rings. The zero-order chi connectivity index (χ0) is 23.6. The number of amides is 1. The highest BCUT2D eigenvalue weighted by atomic mass is 16.5. The van der Waals surface area contributed by atoms with E-state index in [1.807, 2.05) is 62.4 Å². The maximum atomic E-state index is 13.3. The Balaban J connectivity index is 2.10. The van der Waals surface area contributed by atoms with Crippen LogP contribution in [0.5, 0.6) is 11.5 Å². The predicted molar refractivity (Wildman–Crippen MR) is 123 cm³/mol. The summed E-state index contributed by atoms with van der Waals surface area (Å²) >= 11 is 0. The van der Waals surface area contributed by atoms with Gasteiger partial charge in [0, 0.05) is 12.0 Å². The maximum Gasteiger partial charge on any atom is 0.290 e. The van der Waals surface area contributed by atoms with Crippen LogP contribution < -0.4 is 9.47 Å². The fraction of sp³-hybridized carbons (Fsp3) is 0.385. The van der Waals surface area contributed by atoms with Crippen LogP contribution in [-0.4, -0.2) is 34.9 Å². The number of rotatable bonds is 7. The molecule has 1 atom stereocenters. The third kappa shape index (κ3) is 4.79. The predicted octanol–water partition coefficient (Wildman–Crippen LogP) is 4.99. The molecule has 6 heteroatoms. The van der Waals surface area contributed by atoms with E-state index >= 15 is 0 Å². The lowest BCUT2D eigenvalue weighted by molar-refractivity contribution is -0.130. The van der Waals surface area contributed by atoms with Gasteiger partial charge in [-0.15, -0.1) is 0 Å². The molecule has 0 aromatic heterocycles. The van der Waals surface area contributed by atoms with Crippen LogP contribution in [0.3, 0.4) is 0 Å². The summed E-state index contributed by atoms with van der Waals surface area (Å²) in [7, 11) is 1.58. The summed E-state index contributed by atoms with van der Waals surface area (Å²) in [6.07, 6.45) is -0.0250. The molecule has 6 nitrogen and oxygen atoms in total. The molecular weight excluding hydrogens is 406 g/mol. The third-order valence-corrected chi connectivity index (χ3v) is 5.26. The minimum atomic E-state index is -0.764. The van der Waals surface area contributed by atoms with Crippen LogP contribution in [-0.2, 0) is 16.1 Å². The topological polar surface area (TPSA) is 76.1 Å². The molecule has 32 heavy (non-hydrogen) atoms. The van der Waals surface area contributed by atoms with Gasteiger partial charge in [-0.3, -0.25) is 9.59 Å². The number of carbonyl (C=O) groups excluding carboxylic acids is 2. The van der Waals surface area contributed by atoms with E-state index in [0.29, 0.717) is 17.1 Å². The highest BCUT2D eigenvalue weighted by molar-refractivity contribution is 6.10. The molecule has 0 radical (unpaired) electrons. The van der Waals surface area contributed by atoms with Gasteiger partial charge in [-0.1, -0.05) is 45.0 Å². The van der Waals surface area contributed by atoms with Crippen molar-refractivity contribution in [1.29, 1.82) is 0 Å². The van der Waals surface area contributed by atoms with Gasteiger partial charge in [-0.2, -0.15) is 0 Å². The number of ether oxygens (including phenoxy) is 2. The molecule has 0 bridgehead atoms. The average molecular weight is 438 g/mol. The molecule has 1 amide bonds. The Morgan fingerprint density at radius 1 is 1.09 bits per heavy atom. The van der Waals surface area contributed by atoms with E-state index < -0.39 is 23.1 Å². The SMILES string of the molecule is COc1cccc(CN2C(=O)C(O)=C(C(=O)C(C)(C)C)C2c2cccc(OC(C)C)c2)c1. The first kappa shape index (κ1) is 23.4. The standard InChI is InChI=1S/C26H31NO5/c1-16(2)32-20-12-8-10-18(14-20)22-21(24(29)26(3,4)5)23(28)25(30)27(22)15-17-9-7-11-19(13-17)31-6/h7-14,16,22,28H,15H2,1-6H3. The second-order valence-electron chi connectivity index (χ2n) is 9.27. The summed E-state index contributed by atoms with van der Waals surface area (Å²) in [6, 6.07) is 14.0. The molecule has 0 saturated carbocycles. The van der Waals surface area contributed by atoms with E-state index in [1.165, 1.54) is 4.90 Å². The number of aliphatic hydroxyl groups excluding tert-OH is 1. The quantitative estimate of drug-likeness (QED) is 0.660. The smallest absolute Gasteiger partial charge is 0.290 e. The van der Waals surface area contributed by atoms with Crippen LogP contribution in [0.2, 0.25) is 0 Å². The minimum absolute atomic E-state index is 0.0250. The number of hydrogen-bond acceptors (Lipinski definition) is 5. The second kappa shape index (κ2) is 9.07. The largest absolute Gasteiger partial charge is 0.503 e. The van der Waals surface area contributed by atoms with Gasteiger partial charge in [0.15, 0.2) is 11.5 Å². The van der Waals surface area contributed by atoms with E-state index in [2.05, 4.69) is 0 Å². The van der Waals surface area contributed by atoms with Crippen molar-refractivity contribution in [2.45, 2.75) is 53.3 Å². The lowest BCUT2D eigenvalue weighted by Crippen LogP contribution is -2.32. The number of benzene rings is 2. The molecule has 2 aromatic rings. The first-order chi connectivity index (χ1) is 15.0. The Morgan fingerprint density at radius 3 is 2.38 bits per heavy atom. The summed E-state index contributed by atoms with van der Waals surface area (Å²) < 4.78 is 11.1. The van der Waals surface area contributed by atoms with Crippen molar-refractivity contribution in [2.24, 2.45) is 5.41 Å². The Kier molecular flexibility index (Phi) is 6.63. The lowest BCUT2D eigenvalue weighted by atomic mass is 9.82. The van der Waals surface area contributed by atoms with Crippen LogP contribution >= 0.6 is 0 Å². The monoisotopic (exact) mass is 437 g/mol. The number of aliphatic hydroxyl groups is 1.